The lowest BCUT2D eigenvalue weighted by molar-refractivity contribution is -0.135. The largest absolute Gasteiger partial charge is 0.338 e. The number of likely N-dealkylation sites (tertiary alicyclic amines) is 1. The molecule has 1 amide bonds. The number of carbonyl (C=O) groups is 1. The summed E-state index contributed by atoms with van der Waals surface area (Å²) in [6.45, 7) is 9.25. The number of nitrogens with zero attached hydrogens (tertiary/aromatic N) is 4. The van der Waals surface area contributed by atoms with Crippen molar-refractivity contribution in [1.82, 2.24) is 19.2 Å². The molecule has 27 heavy (non-hydrogen) atoms. The number of carbonyl (C=O) groups excluding carboxylic acids is 1. The molecular formula is C20H24N4O2S. The molecule has 3 aromatic heterocycles. The maximum atomic E-state index is 13.2. The molecule has 0 aliphatic carbocycles. The van der Waals surface area contributed by atoms with E-state index in [2.05, 4.69) is 31.6 Å². The van der Waals surface area contributed by atoms with Crippen molar-refractivity contribution in [3.05, 3.63) is 40.1 Å². The van der Waals surface area contributed by atoms with Crippen LogP contribution in [0.2, 0.25) is 0 Å². The van der Waals surface area contributed by atoms with Gasteiger partial charge in [-0.2, -0.15) is 5.10 Å². The van der Waals surface area contributed by atoms with Crippen molar-refractivity contribution in [2.45, 2.75) is 52.2 Å². The lowest BCUT2D eigenvalue weighted by atomic mass is 10.0. The number of allylic oxidation sites excluding steroid dienone is 1. The van der Waals surface area contributed by atoms with Gasteiger partial charge < -0.3 is 9.47 Å². The SMILES string of the molecule is C=CCn1c2cc(C)sc2c2cnn(CC(=O)N3CCCCC3C)c(=O)c21. The summed E-state index contributed by atoms with van der Waals surface area (Å²) in [5.74, 6) is -0.0318. The minimum Gasteiger partial charge on any atom is -0.338 e. The van der Waals surface area contributed by atoms with Crippen LogP contribution in [0.1, 0.15) is 31.1 Å². The summed E-state index contributed by atoms with van der Waals surface area (Å²) < 4.78 is 4.36. The summed E-state index contributed by atoms with van der Waals surface area (Å²) in [5.41, 5.74) is 1.42. The van der Waals surface area contributed by atoms with Gasteiger partial charge in [0.2, 0.25) is 5.91 Å². The Balaban J connectivity index is 1.77. The number of aromatic nitrogens is 3. The maximum Gasteiger partial charge on any atom is 0.291 e. The molecular weight excluding hydrogens is 360 g/mol. The number of aryl methyl sites for hydroxylation is 1. The zero-order valence-electron chi connectivity index (χ0n) is 15.8. The van der Waals surface area contributed by atoms with E-state index in [-0.39, 0.29) is 24.1 Å². The lowest BCUT2D eigenvalue weighted by Gasteiger charge is -2.33. The maximum absolute atomic E-state index is 13.2. The van der Waals surface area contributed by atoms with Crippen LogP contribution in [0.15, 0.2) is 29.7 Å². The highest BCUT2D eigenvalue weighted by Crippen LogP contribution is 2.33. The average Bonchev–Trinajstić information content (AvgIpc) is 3.15. The van der Waals surface area contributed by atoms with Crippen LogP contribution in [0.5, 0.6) is 0 Å². The third-order valence-electron chi connectivity index (χ3n) is 5.38. The zero-order chi connectivity index (χ0) is 19.1. The lowest BCUT2D eigenvalue weighted by Crippen LogP contribution is -2.45. The molecule has 7 heteroatoms. The van der Waals surface area contributed by atoms with Crippen LogP contribution in [0.4, 0.5) is 0 Å². The molecule has 1 atom stereocenters. The van der Waals surface area contributed by atoms with Crippen molar-refractivity contribution >= 4 is 38.4 Å². The Bertz CT molecular complexity index is 1090. The molecule has 0 N–H and O–H groups in total. The summed E-state index contributed by atoms with van der Waals surface area (Å²) >= 11 is 1.66. The smallest absolute Gasteiger partial charge is 0.291 e. The van der Waals surface area contributed by atoms with Crippen LogP contribution in [-0.2, 0) is 17.9 Å². The van der Waals surface area contributed by atoms with E-state index in [1.165, 1.54) is 9.56 Å². The fourth-order valence-corrected chi connectivity index (χ4v) is 5.06. The molecule has 4 rings (SSSR count). The van der Waals surface area contributed by atoms with E-state index in [0.29, 0.717) is 12.1 Å². The molecule has 1 aliphatic heterocycles. The van der Waals surface area contributed by atoms with Gasteiger partial charge in [-0.1, -0.05) is 6.08 Å². The van der Waals surface area contributed by atoms with E-state index in [1.807, 2.05) is 9.47 Å². The van der Waals surface area contributed by atoms with Gasteiger partial charge in [0, 0.05) is 29.4 Å². The monoisotopic (exact) mass is 384 g/mol. The van der Waals surface area contributed by atoms with Crippen LogP contribution in [0.25, 0.3) is 21.1 Å². The number of amides is 1. The molecule has 0 radical (unpaired) electrons. The van der Waals surface area contributed by atoms with E-state index in [0.717, 1.165) is 41.4 Å². The van der Waals surface area contributed by atoms with Gasteiger partial charge in [0.25, 0.3) is 5.56 Å². The average molecular weight is 385 g/mol. The molecule has 3 aromatic rings. The molecule has 0 bridgehead atoms. The first-order chi connectivity index (χ1) is 13.0. The highest BCUT2D eigenvalue weighted by Gasteiger charge is 2.25. The Kier molecular flexibility index (Phi) is 4.63. The summed E-state index contributed by atoms with van der Waals surface area (Å²) in [4.78, 5) is 29.0. The Morgan fingerprint density at radius 2 is 2.26 bits per heavy atom. The fraction of sp³-hybridized carbons (Fsp3) is 0.450. The summed E-state index contributed by atoms with van der Waals surface area (Å²) in [5, 5.41) is 5.18. The summed E-state index contributed by atoms with van der Waals surface area (Å²) in [7, 11) is 0. The Hall–Kier alpha value is -2.41. The van der Waals surface area contributed by atoms with Gasteiger partial charge in [0.15, 0.2) is 0 Å². The van der Waals surface area contributed by atoms with Gasteiger partial charge in [-0.3, -0.25) is 9.59 Å². The molecule has 1 fully saturated rings. The quantitative estimate of drug-likeness (QED) is 0.649. The summed E-state index contributed by atoms with van der Waals surface area (Å²) in [6.07, 6.45) is 6.71. The normalized spacial score (nSPS) is 17.7. The van der Waals surface area contributed by atoms with Crippen molar-refractivity contribution in [3.63, 3.8) is 0 Å². The third kappa shape index (κ3) is 3.00. The van der Waals surface area contributed by atoms with Crippen LogP contribution in [0, 0.1) is 6.92 Å². The molecule has 4 heterocycles. The molecule has 0 spiro atoms. The van der Waals surface area contributed by atoms with Crippen molar-refractivity contribution in [3.8, 4) is 0 Å². The molecule has 0 aromatic carbocycles. The van der Waals surface area contributed by atoms with E-state index in [4.69, 9.17) is 0 Å². The second kappa shape index (κ2) is 6.96. The number of rotatable bonds is 4. The predicted octanol–water partition coefficient (Wildman–Crippen LogP) is 3.31. The third-order valence-corrected chi connectivity index (χ3v) is 6.45. The fourth-order valence-electron chi connectivity index (χ4n) is 4.04. The van der Waals surface area contributed by atoms with Crippen LogP contribution >= 0.6 is 11.3 Å². The minimum atomic E-state index is -0.214. The Labute approximate surface area is 161 Å². The van der Waals surface area contributed by atoms with Crippen molar-refractivity contribution < 1.29 is 4.79 Å². The number of hydrogen-bond acceptors (Lipinski definition) is 4. The molecule has 1 unspecified atom stereocenters. The highest BCUT2D eigenvalue weighted by molar-refractivity contribution is 7.20. The Morgan fingerprint density at radius 3 is 3.00 bits per heavy atom. The van der Waals surface area contributed by atoms with Gasteiger partial charge in [0.05, 0.1) is 16.4 Å². The van der Waals surface area contributed by atoms with E-state index in [9.17, 15) is 9.59 Å². The predicted molar refractivity (Wildman–Crippen MR) is 109 cm³/mol. The van der Waals surface area contributed by atoms with E-state index < -0.39 is 0 Å². The molecule has 6 nitrogen and oxygen atoms in total. The molecule has 142 valence electrons. The number of piperidine rings is 1. The highest BCUT2D eigenvalue weighted by atomic mass is 32.1. The van der Waals surface area contributed by atoms with Crippen LogP contribution in [-0.4, -0.2) is 37.7 Å². The van der Waals surface area contributed by atoms with Gasteiger partial charge in [0.1, 0.15) is 12.1 Å². The van der Waals surface area contributed by atoms with Gasteiger partial charge in [-0.05, 0) is 39.2 Å². The van der Waals surface area contributed by atoms with E-state index >= 15 is 0 Å². The zero-order valence-corrected chi connectivity index (χ0v) is 16.6. The van der Waals surface area contributed by atoms with Gasteiger partial charge in [-0.15, -0.1) is 17.9 Å². The first kappa shape index (κ1) is 18.0. The number of fused-ring (bicyclic) bond motifs is 3. The van der Waals surface area contributed by atoms with Gasteiger partial charge >= 0.3 is 0 Å². The second-order valence-corrected chi connectivity index (χ2v) is 8.53. The topological polar surface area (TPSA) is 60.1 Å². The first-order valence-corrected chi connectivity index (χ1v) is 10.2. The summed E-state index contributed by atoms with van der Waals surface area (Å²) in [6, 6.07) is 2.32. The minimum absolute atomic E-state index is 0.00887. The standard InChI is InChI=1S/C20H24N4O2S/c1-4-8-23-16-10-14(3)27-19(16)15-11-21-24(20(26)18(15)23)12-17(25)22-9-6-5-7-13(22)2/h4,10-11,13H,1,5-9,12H2,2-3H3. The number of thiophene rings is 1. The second-order valence-electron chi connectivity index (χ2n) is 7.27. The van der Waals surface area contributed by atoms with Crippen molar-refractivity contribution in [2.75, 3.05) is 6.54 Å². The van der Waals surface area contributed by atoms with E-state index in [1.54, 1.807) is 23.6 Å². The number of hydrogen-bond donors (Lipinski definition) is 0. The van der Waals surface area contributed by atoms with Crippen LogP contribution in [0.3, 0.4) is 0 Å². The molecule has 1 aliphatic rings. The van der Waals surface area contributed by atoms with Gasteiger partial charge in [-0.25, -0.2) is 4.68 Å². The van der Waals surface area contributed by atoms with Crippen LogP contribution < -0.4 is 5.56 Å². The Morgan fingerprint density at radius 1 is 1.44 bits per heavy atom. The van der Waals surface area contributed by atoms with Crippen molar-refractivity contribution in [2.24, 2.45) is 0 Å². The van der Waals surface area contributed by atoms with Crippen molar-refractivity contribution in [1.29, 1.82) is 0 Å². The molecule has 0 saturated carbocycles. The first-order valence-electron chi connectivity index (χ1n) is 9.40. The molecule has 1 saturated heterocycles.